The van der Waals surface area contributed by atoms with Crippen LogP contribution in [0, 0.1) is 17.0 Å². The van der Waals surface area contributed by atoms with Gasteiger partial charge in [0.2, 0.25) is 0 Å². The molecule has 3 rings (SSSR count). The summed E-state index contributed by atoms with van der Waals surface area (Å²) in [5.74, 6) is -0.269. The van der Waals surface area contributed by atoms with Crippen LogP contribution in [0.3, 0.4) is 0 Å². The molecule has 2 aromatic carbocycles. The van der Waals surface area contributed by atoms with E-state index in [1.165, 1.54) is 17.2 Å². The smallest absolute Gasteiger partial charge is 0.273 e. The third-order valence-electron chi connectivity index (χ3n) is 5.31. The van der Waals surface area contributed by atoms with Gasteiger partial charge in [0.1, 0.15) is 0 Å². The molecule has 0 saturated heterocycles. The van der Waals surface area contributed by atoms with E-state index in [2.05, 4.69) is 41.4 Å². The molecule has 142 valence electrons. The Bertz CT molecular complexity index is 850. The van der Waals surface area contributed by atoms with E-state index in [0.29, 0.717) is 17.7 Å². The molecule has 0 aromatic heterocycles. The zero-order valence-corrected chi connectivity index (χ0v) is 15.8. The Balaban J connectivity index is 1.64. The Kier molecular flexibility index (Phi) is 5.86. The maximum Gasteiger partial charge on any atom is 0.273 e. The summed E-state index contributed by atoms with van der Waals surface area (Å²) in [6.45, 7) is 6.18. The number of amides is 1. The molecule has 1 unspecified atom stereocenters. The predicted molar refractivity (Wildman–Crippen MR) is 105 cm³/mol. The Hall–Kier alpha value is -2.73. The summed E-state index contributed by atoms with van der Waals surface area (Å²) >= 11 is 0. The quantitative estimate of drug-likeness (QED) is 0.627. The number of carbonyl (C=O) groups excluding carboxylic acids is 1. The summed E-state index contributed by atoms with van der Waals surface area (Å²) in [6, 6.07) is 13.3. The molecule has 1 aliphatic rings. The second-order valence-electron chi connectivity index (χ2n) is 7.02. The van der Waals surface area contributed by atoms with Crippen molar-refractivity contribution in [2.45, 2.75) is 39.3 Å². The zero-order valence-electron chi connectivity index (χ0n) is 15.8. The fourth-order valence-electron chi connectivity index (χ4n) is 3.62. The lowest BCUT2D eigenvalue weighted by Crippen LogP contribution is -2.45. The van der Waals surface area contributed by atoms with Crippen LogP contribution in [0.25, 0.3) is 0 Å². The molecule has 1 atom stereocenters. The van der Waals surface area contributed by atoms with Gasteiger partial charge in [0.15, 0.2) is 0 Å². The average molecular weight is 367 g/mol. The Morgan fingerprint density at radius 3 is 2.70 bits per heavy atom. The van der Waals surface area contributed by atoms with Gasteiger partial charge in [-0.15, -0.1) is 0 Å². The zero-order chi connectivity index (χ0) is 19.4. The molecule has 6 heteroatoms. The Labute approximate surface area is 159 Å². The molecule has 1 heterocycles. The first-order valence-electron chi connectivity index (χ1n) is 9.33. The van der Waals surface area contributed by atoms with E-state index in [4.69, 9.17) is 0 Å². The van der Waals surface area contributed by atoms with Gasteiger partial charge >= 0.3 is 0 Å². The van der Waals surface area contributed by atoms with Crippen LogP contribution in [-0.4, -0.2) is 34.9 Å². The Morgan fingerprint density at radius 1 is 1.26 bits per heavy atom. The maximum absolute atomic E-state index is 12.5. The average Bonchev–Trinajstić information content (AvgIpc) is 2.68. The molecule has 1 amide bonds. The molecular weight excluding hydrogens is 342 g/mol. The number of nitrogens with zero attached hydrogens (tertiary/aromatic N) is 2. The number of nitro benzene ring substituents is 1. The molecule has 6 nitrogen and oxygen atoms in total. The van der Waals surface area contributed by atoms with Crippen molar-refractivity contribution >= 4 is 11.6 Å². The van der Waals surface area contributed by atoms with Gasteiger partial charge in [-0.3, -0.25) is 19.8 Å². The normalized spacial score (nSPS) is 15.0. The van der Waals surface area contributed by atoms with Gasteiger partial charge in [-0.05, 0) is 37.0 Å². The molecule has 1 N–H and O–H groups in total. The summed E-state index contributed by atoms with van der Waals surface area (Å²) in [5.41, 5.74) is 3.60. The van der Waals surface area contributed by atoms with Crippen LogP contribution in [0.4, 0.5) is 5.69 Å². The van der Waals surface area contributed by atoms with Gasteiger partial charge in [0.05, 0.1) is 4.92 Å². The molecule has 0 aliphatic carbocycles. The van der Waals surface area contributed by atoms with Crippen LogP contribution in [0.5, 0.6) is 0 Å². The number of hydrogen-bond donors (Lipinski definition) is 1. The van der Waals surface area contributed by atoms with E-state index in [0.717, 1.165) is 25.9 Å². The highest BCUT2D eigenvalue weighted by atomic mass is 16.6. The number of benzene rings is 2. The number of fused-ring (bicyclic) bond motifs is 1. The molecule has 0 saturated carbocycles. The number of nitro groups is 1. The summed E-state index contributed by atoms with van der Waals surface area (Å²) in [6.07, 6.45) is 1.95. The fourth-order valence-corrected chi connectivity index (χ4v) is 3.62. The lowest BCUT2D eigenvalue weighted by molar-refractivity contribution is -0.385. The van der Waals surface area contributed by atoms with Gasteiger partial charge in [-0.1, -0.05) is 37.3 Å². The first-order chi connectivity index (χ1) is 13.0. The van der Waals surface area contributed by atoms with Crippen LogP contribution in [-0.2, 0) is 13.0 Å². The van der Waals surface area contributed by atoms with Gasteiger partial charge in [0, 0.05) is 42.9 Å². The fraction of sp³-hybridized carbons (Fsp3) is 0.381. The molecule has 0 radical (unpaired) electrons. The van der Waals surface area contributed by atoms with Gasteiger partial charge in [-0.25, -0.2) is 0 Å². The minimum absolute atomic E-state index is 0.0256. The lowest BCUT2D eigenvalue weighted by Gasteiger charge is -2.35. The van der Waals surface area contributed by atoms with Crippen LogP contribution < -0.4 is 5.32 Å². The molecular formula is C21H25N3O3. The number of carbonyl (C=O) groups is 1. The van der Waals surface area contributed by atoms with Gasteiger partial charge < -0.3 is 5.32 Å². The predicted octanol–water partition coefficient (Wildman–Crippen LogP) is 3.47. The second-order valence-corrected chi connectivity index (χ2v) is 7.02. The van der Waals surface area contributed by atoms with Crippen LogP contribution in [0.1, 0.15) is 40.4 Å². The maximum atomic E-state index is 12.5. The number of aryl methyl sites for hydroxylation is 1. The van der Waals surface area contributed by atoms with Crippen LogP contribution in [0.15, 0.2) is 42.5 Å². The lowest BCUT2D eigenvalue weighted by atomic mass is 9.98. The third kappa shape index (κ3) is 4.34. The van der Waals surface area contributed by atoms with E-state index in [1.54, 1.807) is 19.1 Å². The minimum atomic E-state index is -0.452. The molecule has 0 spiro atoms. The highest BCUT2D eigenvalue weighted by Gasteiger charge is 2.23. The van der Waals surface area contributed by atoms with Crippen molar-refractivity contribution in [2.24, 2.45) is 0 Å². The molecule has 2 aromatic rings. The van der Waals surface area contributed by atoms with Crippen molar-refractivity contribution in [3.05, 3.63) is 74.8 Å². The van der Waals surface area contributed by atoms with E-state index in [1.807, 2.05) is 0 Å². The number of nitrogens with one attached hydrogen (secondary N) is 1. The number of hydrogen-bond acceptors (Lipinski definition) is 4. The molecule has 0 fully saturated rings. The van der Waals surface area contributed by atoms with Crippen molar-refractivity contribution < 1.29 is 9.72 Å². The molecule has 27 heavy (non-hydrogen) atoms. The highest BCUT2D eigenvalue weighted by molar-refractivity contribution is 5.95. The topological polar surface area (TPSA) is 75.5 Å². The Morgan fingerprint density at radius 2 is 2.00 bits per heavy atom. The van der Waals surface area contributed by atoms with Crippen molar-refractivity contribution in [3.8, 4) is 0 Å². The van der Waals surface area contributed by atoms with E-state index in [9.17, 15) is 14.9 Å². The standard InChI is InChI=1S/C21H25N3O3/c1-3-19(23-11-10-16-6-4-5-7-18(16)14-23)13-22-21(25)17-9-8-15(2)20(12-17)24(26)27/h4-9,12,19H,3,10-11,13-14H2,1-2H3,(H,22,25). The van der Waals surface area contributed by atoms with E-state index >= 15 is 0 Å². The summed E-state index contributed by atoms with van der Waals surface area (Å²) in [7, 11) is 0. The minimum Gasteiger partial charge on any atom is -0.350 e. The molecule has 0 bridgehead atoms. The van der Waals surface area contributed by atoms with Crippen molar-refractivity contribution in [2.75, 3.05) is 13.1 Å². The van der Waals surface area contributed by atoms with Crippen LogP contribution >= 0.6 is 0 Å². The van der Waals surface area contributed by atoms with E-state index < -0.39 is 4.92 Å². The summed E-state index contributed by atoms with van der Waals surface area (Å²) < 4.78 is 0. The first-order valence-corrected chi connectivity index (χ1v) is 9.33. The SMILES string of the molecule is CCC(CNC(=O)c1ccc(C)c([N+](=O)[O-])c1)N1CCc2ccccc2C1. The summed E-state index contributed by atoms with van der Waals surface area (Å²) in [4.78, 5) is 25.5. The van der Waals surface area contributed by atoms with Gasteiger partial charge in [0.25, 0.3) is 11.6 Å². The van der Waals surface area contributed by atoms with Gasteiger partial charge in [-0.2, -0.15) is 0 Å². The van der Waals surface area contributed by atoms with Crippen molar-refractivity contribution in [3.63, 3.8) is 0 Å². The molecule has 1 aliphatic heterocycles. The largest absolute Gasteiger partial charge is 0.350 e. The summed E-state index contributed by atoms with van der Waals surface area (Å²) in [5, 5.41) is 14.0. The second kappa shape index (κ2) is 8.31. The van der Waals surface area contributed by atoms with Crippen LogP contribution in [0.2, 0.25) is 0 Å². The highest BCUT2D eigenvalue weighted by Crippen LogP contribution is 2.22. The van der Waals surface area contributed by atoms with Crippen molar-refractivity contribution in [1.29, 1.82) is 0 Å². The third-order valence-corrected chi connectivity index (χ3v) is 5.31. The van der Waals surface area contributed by atoms with E-state index in [-0.39, 0.29) is 17.6 Å². The number of rotatable bonds is 6. The first kappa shape index (κ1) is 19.0. The monoisotopic (exact) mass is 367 g/mol. The van der Waals surface area contributed by atoms with Crippen molar-refractivity contribution in [1.82, 2.24) is 10.2 Å².